The molecule has 0 aromatic rings. The third-order valence-electron chi connectivity index (χ3n) is 3.62. The molecule has 0 aromatic carbocycles. The van der Waals surface area contributed by atoms with Gasteiger partial charge in [-0.1, -0.05) is 19.3 Å². The van der Waals surface area contributed by atoms with Crippen LogP contribution in [0.4, 0.5) is 0 Å². The van der Waals surface area contributed by atoms with Crippen molar-refractivity contribution in [3.63, 3.8) is 0 Å². The average Bonchev–Trinajstić information content (AvgIpc) is 2.35. The van der Waals surface area contributed by atoms with E-state index in [0.717, 1.165) is 12.8 Å². The molecule has 1 rings (SSSR count). The first-order chi connectivity index (χ1) is 8.99. The molecule has 1 aliphatic rings. The predicted molar refractivity (Wildman–Crippen MR) is 71.7 cm³/mol. The molecule has 1 atom stereocenters. The quantitative estimate of drug-likeness (QED) is 0.738. The number of carbonyl (C=O) groups is 2. The van der Waals surface area contributed by atoms with Crippen molar-refractivity contribution in [2.24, 2.45) is 5.92 Å². The summed E-state index contributed by atoms with van der Waals surface area (Å²) in [7, 11) is 0. The maximum Gasteiger partial charge on any atom is 0.305 e. The molecule has 0 aromatic heterocycles. The molecule has 1 saturated carbocycles. The number of carboxylic acids is 1. The maximum absolute atomic E-state index is 12.2. The van der Waals surface area contributed by atoms with Crippen molar-refractivity contribution < 1.29 is 19.8 Å². The van der Waals surface area contributed by atoms with E-state index in [0.29, 0.717) is 12.3 Å². The van der Waals surface area contributed by atoms with Gasteiger partial charge in [0.05, 0.1) is 12.5 Å². The van der Waals surface area contributed by atoms with E-state index in [2.05, 4.69) is 0 Å². The summed E-state index contributed by atoms with van der Waals surface area (Å²) in [5, 5.41) is 18.1. The summed E-state index contributed by atoms with van der Waals surface area (Å²) >= 11 is 0. The number of carboxylic acid groups (broad SMARTS) is 1. The Bertz CT molecular complexity index is 298. The van der Waals surface area contributed by atoms with Crippen molar-refractivity contribution in [1.82, 2.24) is 4.90 Å². The monoisotopic (exact) mass is 271 g/mol. The normalized spacial score (nSPS) is 18.0. The van der Waals surface area contributed by atoms with Crippen LogP contribution in [0.25, 0.3) is 0 Å². The minimum absolute atomic E-state index is 0.0194. The minimum atomic E-state index is -0.916. The number of hydrogen-bond acceptors (Lipinski definition) is 3. The summed E-state index contributed by atoms with van der Waals surface area (Å²) in [6.45, 7) is 2.02. The smallest absolute Gasteiger partial charge is 0.305 e. The lowest BCUT2D eigenvalue weighted by atomic mass is 9.86. The maximum atomic E-state index is 12.2. The summed E-state index contributed by atoms with van der Waals surface area (Å²) in [6, 6.07) is 0. The zero-order valence-corrected chi connectivity index (χ0v) is 11.7. The van der Waals surface area contributed by atoms with Gasteiger partial charge in [0.25, 0.3) is 0 Å². The molecule has 0 spiro atoms. The van der Waals surface area contributed by atoms with E-state index in [1.807, 2.05) is 0 Å². The van der Waals surface area contributed by atoms with Gasteiger partial charge in [-0.05, 0) is 25.7 Å². The van der Waals surface area contributed by atoms with Crippen LogP contribution < -0.4 is 0 Å². The Balaban J connectivity index is 2.46. The molecule has 19 heavy (non-hydrogen) atoms. The van der Waals surface area contributed by atoms with Gasteiger partial charge >= 0.3 is 5.97 Å². The zero-order chi connectivity index (χ0) is 14.3. The minimum Gasteiger partial charge on any atom is -0.481 e. The molecule has 1 aliphatic carbocycles. The summed E-state index contributed by atoms with van der Waals surface area (Å²) in [4.78, 5) is 24.3. The summed E-state index contributed by atoms with van der Waals surface area (Å²) in [5.74, 6) is -0.502. The second-order valence-electron chi connectivity index (χ2n) is 5.54. The number of aliphatic carboxylic acids is 1. The van der Waals surface area contributed by atoms with Gasteiger partial charge in [-0.25, -0.2) is 0 Å². The van der Waals surface area contributed by atoms with Crippen LogP contribution in [-0.4, -0.2) is 46.2 Å². The van der Waals surface area contributed by atoms with Gasteiger partial charge in [0, 0.05) is 19.5 Å². The third kappa shape index (κ3) is 6.57. The molecular formula is C14H25NO4. The van der Waals surface area contributed by atoms with Crippen molar-refractivity contribution in [2.45, 2.75) is 58.0 Å². The first-order valence-corrected chi connectivity index (χ1v) is 7.16. The largest absolute Gasteiger partial charge is 0.481 e. The van der Waals surface area contributed by atoms with Crippen LogP contribution in [0.3, 0.4) is 0 Å². The molecule has 1 unspecified atom stereocenters. The van der Waals surface area contributed by atoms with E-state index in [-0.39, 0.29) is 25.4 Å². The van der Waals surface area contributed by atoms with Crippen LogP contribution in [0, 0.1) is 5.92 Å². The van der Waals surface area contributed by atoms with E-state index >= 15 is 0 Å². The van der Waals surface area contributed by atoms with Gasteiger partial charge in [-0.3, -0.25) is 9.59 Å². The SMILES string of the molecule is CC(O)CN(CCC(=O)O)C(=O)CC1CCCCC1. The molecule has 5 nitrogen and oxygen atoms in total. The fourth-order valence-electron chi connectivity index (χ4n) is 2.63. The topological polar surface area (TPSA) is 77.8 Å². The second-order valence-corrected chi connectivity index (χ2v) is 5.54. The highest BCUT2D eigenvalue weighted by molar-refractivity contribution is 5.77. The van der Waals surface area contributed by atoms with Crippen LogP contribution in [-0.2, 0) is 9.59 Å². The first kappa shape index (κ1) is 16.0. The van der Waals surface area contributed by atoms with Gasteiger partial charge in [-0.15, -0.1) is 0 Å². The van der Waals surface area contributed by atoms with Crippen molar-refractivity contribution >= 4 is 11.9 Å². The number of amides is 1. The Kier molecular flexibility index (Phi) is 6.84. The van der Waals surface area contributed by atoms with Crippen molar-refractivity contribution in [3.05, 3.63) is 0 Å². The van der Waals surface area contributed by atoms with Gasteiger partial charge in [0.1, 0.15) is 0 Å². The Morgan fingerprint density at radius 1 is 1.26 bits per heavy atom. The lowest BCUT2D eigenvalue weighted by molar-refractivity contribution is -0.139. The highest BCUT2D eigenvalue weighted by Gasteiger charge is 2.22. The Morgan fingerprint density at radius 2 is 1.89 bits per heavy atom. The Morgan fingerprint density at radius 3 is 2.42 bits per heavy atom. The number of carbonyl (C=O) groups excluding carboxylic acids is 1. The van der Waals surface area contributed by atoms with E-state index in [4.69, 9.17) is 5.11 Å². The standard InChI is InChI=1S/C14H25NO4/c1-11(16)10-15(8-7-14(18)19)13(17)9-12-5-3-2-4-6-12/h11-12,16H,2-10H2,1H3,(H,18,19). The molecule has 2 N–H and O–H groups in total. The van der Waals surface area contributed by atoms with E-state index < -0.39 is 12.1 Å². The predicted octanol–water partition coefficient (Wildman–Crippen LogP) is 1.64. The molecular weight excluding hydrogens is 246 g/mol. The fraction of sp³-hybridized carbons (Fsp3) is 0.857. The molecule has 0 saturated heterocycles. The van der Waals surface area contributed by atoms with Gasteiger partial charge < -0.3 is 15.1 Å². The number of aliphatic hydroxyl groups is 1. The van der Waals surface area contributed by atoms with Crippen molar-refractivity contribution in [2.75, 3.05) is 13.1 Å². The fourth-order valence-corrected chi connectivity index (χ4v) is 2.63. The molecule has 1 amide bonds. The van der Waals surface area contributed by atoms with Crippen molar-refractivity contribution in [3.8, 4) is 0 Å². The molecule has 0 bridgehead atoms. The number of nitrogens with zero attached hydrogens (tertiary/aromatic N) is 1. The molecule has 0 heterocycles. The van der Waals surface area contributed by atoms with Gasteiger partial charge in [-0.2, -0.15) is 0 Å². The average molecular weight is 271 g/mol. The first-order valence-electron chi connectivity index (χ1n) is 7.16. The molecule has 0 radical (unpaired) electrons. The number of rotatable bonds is 7. The second kappa shape index (κ2) is 8.15. The molecule has 110 valence electrons. The summed E-state index contributed by atoms with van der Waals surface area (Å²) < 4.78 is 0. The zero-order valence-electron chi connectivity index (χ0n) is 11.7. The van der Waals surface area contributed by atoms with Gasteiger partial charge in [0.15, 0.2) is 0 Å². The Labute approximate surface area is 114 Å². The summed E-state index contributed by atoms with van der Waals surface area (Å²) in [6.07, 6.45) is 5.60. The van der Waals surface area contributed by atoms with Crippen LogP contribution in [0.2, 0.25) is 0 Å². The lowest BCUT2D eigenvalue weighted by Gasteiger charge is -2.27. The number of hydrogen-bond donors (Lipinski definition) is 2. The molecule has 1 fully saturated rings. The van der Waals surface area contributed by atoms with Crippen LogP contribution in [0.15, 0.2) is 0 Å². The molecule has 0 aliphatic heterocycles. The summed E-state index contributed by atoms with van der Waals surface area (Å²) in [5.41, 5.74) is 0. The highest BCUT2D eigenvalue weighted by atomic mass is 16.4. The van der Waals surface area contributed by atoms with Gasteiger partial charge in [0.2, 0.25) is 5.91 Å². The van der Waals surface area contributed by atoms with E-state index in [9.17, 15) is 14.7 Å². The van der Waals surface area contributed by atoms with Crippen LogP contribution >= 0.6 is 0 Å². The lowest BCUT2D eigenvalue weighted by Crippen LogP contribution is -2.39. The van der Waals surface area contributed by atoms with Crippen LogP contribution in [0.1, 0.15) is 51.9 Å². The number of aliphatic hydroxyl groups excluding tert-OH is 1. The van der Waals surface area contributed by atoms with Crippen LogP contribution in [0.5, 0.6) is 0 Å². The van der Waals surface area contributed by atoms with E-state index in [1.54, 1.807) is 6.92 Å². The highest BCUT2D eigenvalue weighted by Crippen LogP contribution is 2.26. The van der Waals surface area contributed by atoms with E-state index in [1.165, 1.54) is 24.2 Å². The Hall–Kier alpha value is -1.10. The molecule has 5 heteroatoms. The third-order valence-corrected chi connectivity index (χ3v) is 3.62. The van der Waals surface area contributed by atoms with Crippen molar-refractivity contribution in [1.29, 1.82) is 0 Å².